The van der Waals surface area contributed by atoms with E-state index in [2.05, 4.69) is 10.2 Å². The summed E-state index contributed by atoms with van der Waals surface area (Å²) >= 11 is 0. The van der Waals surface area contributed by atoms with Crippen LogP contribution in [0.2, 0.25) is 0 Å². The standard InChI is InChI=1S/C20H28N2O3/c1-13-4-3-5-14(2)18(13)10-19(23)21-16-8-17(9-16)22(12-20(24)25)11-15-6-7-15/h3-5,15-17H,6-12H2,1-2H3,(H,21,23)(H,24,25). The molecule has 136 valence electrons. The van der Waals surface area contributed by atoms with E-state index in [1.807, 2.05) is 32.0 Å². The number of aliphatic carboxylic acids is 1. The van der Waals surface area contributed by atoms with Crippen LogP contribution in [0.3, 0.4) is 0 Å². The van der Waals surface area contributed by atoms with Gasteiger partial charge in [-0.15, -0.1) is 0 Å². The van der Waals surface area contributed by atoms with Crippen molar-refractivity contribution in [2.75, 3.05) is 13.1 Å². The van der Waals surface area contributed by atoms with E-state index in [0.29, 0.717) is 18.4 Å². The first kappa shape index (κ1) is 17.9. The second-order valence-corrected chi connectivity index (χ2v) is 7.70. The molecule has 1 amide bonds. The Morgan fingerprint density at radius 3 is 2.40 bits per heavy atom. The number of carboxylic acids is 1. The normalized spacial score (nSPS) is 22.5. The van der Waals surface area contributed by atoms with E-state index in [1.165, 1.54) is 12.8 Å². The van der Waals surface area contributed by atoms with E-state index in [1.54, 1.807) is 0 Å². The first-order chi connectivity index (χ1) is 11.9. The number of hydrogen-bond donors (Lipinski definition) is 2. The molecule has 2 saturated carbocycles. The van der Waals surface area contributed by atoms with Crippen LogP contribution in [-0.2, 0) is 16.0 Å². The topological polar surface area (TPSA) is 69.6 Å². The largest absolute Gasteiger partial charge is 0.480 e. The third-order valence-electron chi connectivity index (χ3n) is 5.50. The van der Waals surface area contributed by atoms with Crippen molar-refractivity contribution in [2.24, 2.45) is 5.92 Å². The van der Waals surface area contributed by atoms with Crippen molar-refractivity contribution >= 4 is 11.9 Å². The van der Waals surface area contributed by atoms with Gasteiger partial charge in [-0.05, 0) is 62.1 Å². The van der Waals surface area contributed by atoms with E-state index in [4.69, 9.17) is 5.11 Å². The van der Waals surface area contributed by atoms with Gasteiger partial charge in [-0.1, -0.05) is 18.2 Å². The summed E-state index contributed by atoms with van der Waals surface area (Å²) in [6.07, 6.45) is 4.58. The fourth-order valence-corrected chi connectivity index (χ4v) is 3.72. The molecule has 0 spiro atoms. The fraction of sp³-hybridized carbons (Fsp3) is 0.600. The van der Waals surface area contributed by atoms with Crippen LogP contribution in [0.5, 0.6) is 0 Å². The van der Waals surface area contributed by atoms with Crippen LogP contribution in [0.4, 0.5) is 0 Å². The van der Waals surface area contributed by atoms with Crippen molar-refractivity contribution in [2.45, 2.75) is 58.0 Å². The highest BCUT2D eigenvalue weighted by Gasteiger charge is 2.37. The van der Waals surface area contributed by atoms with Gasteiger partial charge in [0.15, 0.2) is 0 Å². The number of carbonyl (C=O) groups excluding carboxylic acids is 1. The number of amides is 1. The SMILES string of the molecule is Cc1cccc(C)c1CC(=O)NC1CC(N(CC(=O)O)CC2CC2)C1. The van der Waals surface area contributed by atoms with Gasteiger partial charge in [0.05, 0.1) is 13.0 Å². The van der Waals surface area contributed by atoms with Crippen molar-refractivity contribution < 1.29 is 14.7 Å². The number of nitrogens with one attached hydrogen (secondary N) is 1. The quantitative estimate of drug-likeness (QED) is 0.759. The summed E-state index contributed by atoms with van der Waals surface area (Å²) in [6.45, 7) is 5.08. The van der Waals surface area contributed by atoms with Gasteiger partial charge < -0.3 is 10.4 Å². The highest BCUT2D eigenvalue weighted by atomic mass is 16.4. The van der Waals surface area contributed by atoms with Crippen molar-refractivity contribution in [3.05, 3.63) is 34.9 Å². The van der Waals surface area contributed by atoms with Gasteiger partial charge in [-0.25, -0.2) is 0 Å². The van der Waals surface area contributed by atoms with E-state index < -0.39 is 5.97 Å². The Morgan fingerprint density at radius 2 is 1.84 bits per heavy atom. The Labute approximate surface area is 149 Å². The molecule has 2 aliphatic carbocycles. The van der Waals surface area contributed by atoms with Crippen LogP contribution in [0.25, 0.3) is 0 Å². The van der Waals surface area contributed by atoms with Crippen molar-refractivity contribution in [3.63, 3.8) is 0 Å². The third-order valence-corrected chi connectivity index (χ3v) is 5.50. The molecule has 3 rings (SSSR count). The van der Waals surface area contributed by atoms with Gasteiger partial charge >= 0.3 is 5.97 Å². The second-order valence-electron chi connectivity index (χ2n) is 7.70. The lowest BCUT2D eigenvalue weighted by molar-refractivity contribution is -0.140. The average Bonchev–Trinajstić information content (AvgIpc) is 3.29. The lowest BCUT2D eigenvalue weighted by Gasteiger charge is -2.42. The summed E-state index contributed by atoms with van der Waals surface area (Å²) < 4.78 is 0. The maximum Gasteiger partial charge on any atom is 0.317 e. The summed E-state index contributed by atoms with van der Waals surface area (Å²) in [6, 6.07) is 6.56. The predicted molar refractivity (Wildman–Crippen MR) is 96.5 cm³/mol. The van der Waals surface area contributed by atoms with Crippen molar-refractivity contribution in [1.82, 2.24) is 10.2 Å². The number of rotatable bonds is 8. The molecule has 5 nitrogen and oxygen atoms in total. The summed E-state index contributed by atoms with van der Waals surface area (Å²) in [5.41, 5.74) is 3.41. The van der Waals surface area contributed by atoms with Gasteiger partial charge in [0.1, 0.15) is 0 Å². The highest BCUT2D eigenvalue weighted by Crippen LogP contribution is 2.33. The zero-order valence-corrected chi connectivity index (χ0v) is 15.1. The van der Waals surface area contributed by atoms with E-state index in [0.717, 1.165) is 36.1 Å². The van der Waals surface area contributed by atoms with Crippen LogP contribution >= 0.6 is 0 Å². The molecule has 0 atom stereocenters. The highest BCUT2D eigenvalue weighted by molar-refractivity contribution is 5.79. The fourth-order valence-electron chi connectivity index (χ4n) is 3.72. The molecule has 2 aliphatic rings. The minimum absolute atomic E-state index is 0.0628. The van der Waals surface area contributed by atoms with Gasteiger partial charge in [0.2, 0.25) is 5.91 Å². The lowest BCUT2D eigenvalue weighted by atomic mass is 9.85. The van der Waals surface area contributed by atoms with E-state index >= 15 is 0 Å². The van der Waals surface area contributed by atoms with Crippen LogP contribution in [-0.4, -0.2) is 47.1 Å². The van der Waals surface area contributed by atoms with Crippen LogP contribution in [0.15, 0.2) is 18.2 Å². The second kappa shape index (κ2) is 7.56. The Bertz CT molecular complexity index is 628. The van der Waals surface area contributed by atoms with Crippen LogP contribution in [0, 0.1) is 19.8 Å². The van der Waals surface area contributed by atoms with Crippen molar-refractivity contribution in [1.29, 1.82) is 0 Å². The third kappa shape index (κ3) is 4.82. The van der Waals surface area contributed by atoms with Gasteiger partial charge in [0.25, 0.3) is 0 Å². The van der Waals surface area contributed by atoms with E-state index in [-0.39, 0.29) is 18.5 Å². The average molecular weight is 344 g/mol. The number of carbonyl (C=O) groups is 2. The molecule has 2 fully saturated rings. The molecule has 0 aliphatic heterocycles. The first-order valence-corrected chi connectivity index (χ1v) is 9.22. The molecule has 0 unspecified atom stereocenters. The molecule has 25 heavy (non-hydrogen) atoms. The number of benzene rings is 1. The van der Waals surface area contributed by atoms with Gasteiger partial charge in [0, 0.05) is 18.6 Å². The molecule has 0 aromatic heterocycles. The van der Waals surface area contributed by atoms with Crippen LogP contribution in [0.1, 0.15) is 42.4 Å². The number of hydrogen-bond acceptors (Lipinski definition) is 3. The molecular formula is C20H28N2O3. The summed E-state index contributed by atoms with van der Waals surface area (Å²) in [5.74, 6) is -0.0204. The van der Waals surface area contributed by atoms with Crippen molar-refractivity contribution in [3.8, 4) is 0 Å². The Morgan fingerprint density at radius 1 is 1.20 bits per heavy atom. The van der Waals surface area contributed by atoms with Gasteiger partial charge in [-0.2, -0.15) is 0 Å². The summed E-state index contributed by atoms with van der Waals surface area (Å²) in [5, 5.41) is 12.2. The molecule has 0 radical (unpaired) electrons. The Hall–Kier alpha value is -1.88. The number of nitrogens with zero attached hydrogens (tertiary/aromatic N) is 1. The number of carboxylic acid groups (broad SMARTS) is 1. The zero-order chi connectivity index (χ0) is 18.0. The molecule has 0 heterocycles. The molecule has 5 heteroatoms. The van der Waals surface area contributed by atoms with E-state index in [9.17, 15) is 9.59 Å². The molecule has 0 saturated heterocycles. The molecule has 1 aromatic carbocycles. The smallest absolute Gasteiger partial charge is 0.317 e. The minimum Gasteiger partial charge on any atom is -0.480 e. The Kier molecular flexibility index (Phi) is 5.42. The molecule has 1 aromatic rings. The molecular weight excluding hydrogens is 316 g/mol. The zero-order valence-electron chi connectivity index (χ0n) is 15.1. The molecule has 2 N–H and O–H groups in total. The maximum atomic E-state index is 12.3. The van der Waals surface area contributed by atoms with Gasteiger partial charge in [-0.3, -0.25) is 14.5 Å². The summed E-state index contributed by atoms with van der Waals surface area (Å²) in [7, 11) is 0. The lowest BCUT2D eigenvalue weighted by Crippen LogP contribution is -2.55. The minimum atomic E-state index is -0.761. The first-order valence-electron chi connectivity index (χ1n) is 9.22. The summed E-state index contributed by atoms with van der Waals surface area (Å²) in [4.78, 5) is 25.5. The molecule has 0 bridgehead atoms. The maximum absolute atomic E-state index is 12.3. The Balaban J connectivity index is 1.47. The number of aryl methyl sites for hydroxylation is 2. The monoisotopic (exact) mass is 344 g/mol. The predicted octanol–water partition coefficient (Wildman–Crippen LogP) is 2.29. The van der Waals surface area contributed by atoms with Crippen LogP contribution < -0.4 is 5.32 Å².